The van der Waals surface area contributed by atoms with E-state index < -0.39 is 0 Å². The molecular weight excluding hydrogens is 302 g/mol. The van der Waals surface area contributed by atoms with Crippen LogP contribution in [0.15, 0.2) is 59.1 Å². The molecule has 0 atom stereocenters. The Hall–Kier alpha value is -3.22. The van der Waals surface area contributed by atoms with Crippen LogP contribution in [0.5, 0.6) is 0 Å². The Morgan fingerprint density at radius 1 is 1.33 bits per heavy atom. The number of nitrogen functional groups attached to an aromatic ring is 1. The summed E-state index contributed by atoms with van der Waals surface area (Å²) in [5, 5.41) is 12.1. The number of nitrogens with one attached hydrogen (secondary N) is 1. The molecular formula is C17H20N7+. The first-order valence-corrected chi connectivity index (χ1v) is 7.53. The van der Waals surface area contributed by atoms with Crippen molar-refractivity contribution in [2.45, 2.75) is 13.5 Å². The number of nitrogens with two attached hydrogens (primary N) is 2. The van der Waals surface area contributed by atoms with Gasteiger partial charge in [0.15, 0.2) is 12.4 Å². The quantitative estimate of drug-likeness (QED) is 0.584. The third-order valence-corrected chi connectivity index (χ3v) is 3.81. The first-order chi connectivity index (χ1) is 11.4. The van der Waals surface area contributed by atoms with Gasteiger partial charge in [0.05, 0.1) is 29.9 Å². The van der Waals surface area contributed by atoms with Crippen molar-refractivity contribution in [3.63, 3.8) is 0 Å². The highest BCUT2D eigenvalue weighted by molar-refractivity contribution is 6.22. The molecule has 5 N–H and O–H groups in total. The minimum absolute atomic E-state index is 0.395. The summed E-state index contributed by atoms with van der Waals surface area (Å²) in [6, 6.07) is 4.00. The molecule has 1 aliphatic carbocycles. The third kappa shape index (κ3) is 3.10. The molecule has 0 radical (unpaired) electrons. The van der Waals surface area contributed by atoms with Crippen LogP contribution in [-0.2, 0) is 13.6 Å². The fourth-order valence-corrected chi connectivity index (χ4v) is 2.45. The molecule has 122 valence electrons. The molecule has 2 aromatic rings. The highest BCUT2D eigenvalue weighted by atomic mass is 15.3. The van der Waals surface area contributed by atoms with Gasteiger partial charge in [-0.25, -0.2) is 14.2 Å². The zero-order chi connectivity index (χ0) is 17.3. The van der Waals surface area contributed by atoms with Gasteiger partial charge in [0.2, 0.25) is 0 Å². The number of nitrogens with zero attached hydrogens (tertiary/aromatic N) is 4. The van der Waals surface area contributed by atoms with Gasteiger partial charge >= 0.3 is 0 Å². The van der Waals surface area contributed by atoms with Crippen LogP contribution in [0.4, 0.5) is 11.5 Å². The minimum Gasteiger partial charge on any atom is -0.397 e. The fourth-order valence-electron chi connectivity index (χ4n) is 2.45. The van der Waals surface area contributed by atoms with Crippen LogP contribution >= 0.6 is 0 Å². The minimum atomic E-state index is 0.395. The van der Waals surface area contributed by atoms with Gasteiger partial charge in [-0.2, -0.15) is 5.10 Å². The van der Waals surface area contributed by atoms with Crippen molar-refractivity contribution in [1.82, 2.24) is 9.78 Å². The number of hydrogen-bond acceptors (Lipinski definition) is 5. The van der Waals surface area contributed by atoms with Crippen molar-refractivity contribution >= 4 is 22.9 Å². The van der Waals surface area contributed by atoms with Gasteiger partial charge in [-0.05, 0) is 30.7 Å². The zero-order valence-electron chi connectivity index (χ0n) is 13.7. The number of rotatable bonds is 3. The molecule has 3 rings (SSSR count). The lowest BCUT2D eigenvalue weighted by molar-refractivity contribution is -0.671. The van der Waals surface area contributed by atoms with Crippen LogP contribution in [-0.4, -0.2) is 21.2 Å². The Bertz CT molecular complexity index is 899. The van der Waals surface area contributed by atoms with E-state index in [-0.39, 0.29) is 0 Å². The summed E-state index contributed by atoms with van der Waals surface area (Å²) in [5.41, 5.74) is 16.0. The van der Waals surface area contributed by atoms with Gasteiger partial charge in [-0.1, -0.05) is 0 Å². The second-order valence-corrected chi connectivity index (χ2v) is 5.79. The summed E-state index contributed by atoms with van der Waals surface area (Å²) in [5.74, 6) is 0.480. The Morgan fingerprint density at radius 2 is 2.12 bits per heavy atom. The van der Waals surface area contributed by atoms with E-state index >= 15 is 0 Å². The summed E-state index contributed by atoms with van der Waals surface area (Å²) in [7, 11) is 1.97. The van der Waals surface area contributed by atoms with Crippen LogP contribution in [0, 0.1) is 5.41 Å². The van der Waals surface area contributed by atoms with Crippen LogP contribution in [0.1, 0.15) is 12.5 Å². The summed E-state index contributed by atoms with van der Waals surface area (Å²) >= 11 is 0. The van der Waals surface area contributed by atoms with Crippen molar-refractivity contribution in [1.29, 1.82) is 5.41 Å². The second-order valence-electron chi connectivity index (χ2n) is 5.79. The van der Waals surface area contributed by atoms with E-state index in [2.05, 4.69) is 10.1 Å². The molecule has 1 aliphatic rings. The van der Waals surface area contributed by atoms with Crippen LogP contribution in [0.25, 0.3) is 0 Å². The third-order valence-electron chi connectivity index (χ3n) is 3.81. The molecule has 2 aromatic heterocycles. The summed E-state index contributed by atoms with van der Waals surface area (Å²) in [6.45, 7) is 2.42. The average molecular weight is 322 g/mol. The highest BCUT2D eigenvalue weighted by Crippen LogP contribution is 2.24. The van der Waals surface area contributed by atoms with Gasteiger partial charge < -0.3 is 16.9 Å². The first-order valence-electron chi connectivity index (χ1n) is 7.53. The van der Waals surface area contributed by atoms with Crippen molar-refractivity contribution in [2.75, 3.05) is 5.73 Å². The van der Waals surface area contributed by atoms with E-state index in [9.17, 15) is 0 Å². The normalized spacial score (nSPS) is 16.2. The van der Waals surface area contributed by atoms with E-state index in [0.717, 1.165) is 11.1 Å². The van der Waals surface area contributed by atoms with E-state index in [0.29, 0.717) is 35.2 Å². The molecule has 7 heteroatoms. The number of pyridine rings is 1. The van der Waals surface area contributed by atoms with E-state index in [1.807, 2.05) is 43.1 Å². The van der Waals surface area contributed by atoms with Crippen LogP contribution in [0.3, 0.4) is 0 Å². The second kappa shape index (κ2) is 6.11. The number of anilines is 1. The van der Waals surface area contributed by atoms with Gasteiger partial charge in [-0.3, -0.25) is 0 Å². The number of hydrogen-bond donors (Lipinski definition) is 3. The lowest BCUT2D eigenvalue weighted by Gasteiger charge is -2.11. The Labute approximate surface area is 140 Å². The largest absolute Gasteiger partial charge is 0.397 e. The predicted molar refractivity (Wildman–Crippen MR) is 94.2 cm³/mol. The molecule has 0 aromatic carbocycles. The maximum Gasteiger partial charge on any atom is 0.173 e. The monoisotopic (exact) mass is 322 g/mol. The van der Waals surface area contributed by atoms with E-state index in [4.69, 9.17) is 16.9 Å². The standard InChI is InChI=1S/C17H20N7/c1-11-6-15(14(19)7-13(11)18)22-16-8-21-24(17(16)20)10-12-4-3-5-23(2)9-12/h3-9,18H,10,19-20H2,1-2H3/q+1/b18-13?,22-15+. The molecule has 0 saturated heterocycles. The molecule has 0 amide bonds. The maximum atomic E-state index is 7.76. The van der Waals surface area contributed by atoms with E-state index in [1.165, 1.54) is 0 Å². The molecule has 24 heavy (non-hydrogen) atoms. The maximum absolute atomic E-state index is 7.76. The molecule has 7 nitrogen and oxygen atoms in total. The highest BCUT2D eigenvalue weighted by Gasteiger charge is 2.14. The number of aryl methyl sites for hydroxylation is 1. The lowest BCUT2D eigenvalue weighted by Crippen LogP contribution is -2.27. The molecule has 0 bridgehead atoms. The molecule has 2 heterocycles. The molecule has 0 aliphatic heterocycles. The molecule has 0 fully saturated rings. The Morgan fingerprint density at radius 3 is 2.88 bits per heavy atom. The van der Waals surface area contributed by atoms with Gasteiger partial charge in [0, 0.05) is 11.6 Å². The molecule has 0 unspecified atom stereocenters. The van der Waals surface area contributed by atoms with Gasteiger partial charge in [0.1, 0.15) is 18.6 Å². The zero-order valence-corrected chi connectivity index (χ0v) is 13.7. The van der Waals surface area contributed by atoms with E-state index in [1.54, 1.807) is 23.0 Å². The Balaban J connectivity index is 1.89. The fraction of sp³-hybridized carbons (Fsp3) is 0.176. The van der Waals surface area contributed by atoms with Crippen molar-refractivity contribution in [3.8, 4) is 0 Å². The van der Waals surface area contributed by atoms with Crippen LogP contribution < -0.4 is 16.0 Å². The first kappa shape index (κ1) is 15.7. The summed E-state index contributed by atoms with van der Waals surface area (Å²) in [6.07, 6.45) is 9.00. The average Bonchev–Trinajstić information content (AvgIpc) is 2.86. The van der Waals surface area contributed by atoms with Crippen molar-refractivity contribution in [2.24, 2.45) is 17.8 Å². The van der Waals surface area contributed by atoms with Gasteiger partial charge in [0.25, 0.3) is 0 Å². The topological polar surface area (TPSA) is 110 Å². The lowest BCUT2D eigenvalue weighted by atomic mass is 10.0. The molecule has 0 spiro atoms. The molecule has 0 saturated carbocycles. The SMILES string of the molecule is CC1=C/C(=N\c2cnn(Cc3ccc[n+](C)c3)c2N)C(N)=CC1=N. The number of aliphatic imine (C=N–C) groups is 1. The van der Waals surface area contributed by atoms with Gasteiger partial charge in [-0.15, -0.1) is 0 Å². The smallest absolute Gasteiger partial charge is 0.173 e. The summed E-state index contributed by atoms with van der Waals surface area (Å²) < 4.78 is 3.68. The number of aromatic nitrogens is 3. The number of allylic oxidation sites excluding steroid dienone is 3. The predicted octanol–water partition coefficient (Wildman–Crippen LogP) is 1.23. The van der Waals surface area contributed by atoms with Crippen LogP contribution in [0.2, 0.25) is 0 Å². The summed E-state index contributed by atoms with van der Waals surface area (Å²) in [4.78, 5) is 4.50. The van der Waals surface area contributed by atoms with Crippen molar-refractivity contribution in [3.05, 3.63) is 59.7 Å². The Kier molecular flexibility index (Phi) is 3.99. The van der Waals surface area contributed by atoms with Crippen molar-refractivity contribution < 1.29 is 4.57 Å².